The molecule has 1 aliphatic carbocycles. The van der Waals surface area contributed by atoms with Gasteiger partial charge < -0.3 is 16.6 Å². The number of benzene rings is 1. The molecule has 0 saturated carbocycles. The largest absolute Gasteiger partial charge is 0.505 e. The maximum absolute atomic E-state index is 13.0. The Morgan fingerprint density at radius 1 is 1.54 bits per heavy atom. The summed E-state index contributed by atoms with van der Waals surface area (Å²) in [4.78, 5) is 0. The summed E-state index contributed by atoms with van der Waals surface area (Å²) < 4.78 is 13.0. The Morgan fingerprint density at radius 2 is 2.23 bits per heavy atom. The molecular formula is C9H11FN2O. The van der Waals surface area contributed by atoms with E-state index in [2.05, 4.69) is 0 Å². The van der Waals surface area contributed by atoms with Crippen molar-refractivity contribution >= 4 is 5.69 Å². The average Bonchev–Trinajstić information content (AvgIpc) is 2.44. The lowest BCUT2D eigenvalue weighted by Crippen LogP contribution is -2.06. The topological polar surface area (TPSA) is 72.3 Å². The molecule has 3 nitrogen and oxygen atoms in total. The van der Waals surface area contributed by atoms with Gasteiger partial charge in [0.1, 0.15) is 0 Å². The summed E-state index contributed by atoms with van der Waals surface area (Å²) in [6.45, 7) is 0. The molecular weight excluding hydrogens is 171 g/mol. The minimum Gasteiger partial charge on any atom is -0.505 e. The predicted molar refractivity (Wildman–Crippen MR) is 47.7 cm³/mol. The van der Waals surface area contributed by atoms with Crippen LogP contribution in [0.25, 0.3) is 0 Å². The van der Waals surface area contributed by atoms with Crippen molar-refractivity contribution in [3.05, 3.63) is 23.0 Å². The number of phenolic OH excluding ortho intramolecular Hbond substituents is 1. The Labute approximate surface area is 75.2 Å². The Balaban J connectivity index is 2.70. The molecule has 0 heterocycles. The molecule has 0 aromatic heterocycles. The minimum absolute atomic E-state index is 0.284. The zero-order valence-electron chi connectivity index (χ0n) is 7.05. The van der Waals surface area contributed by atoms with E-state index < -0.39 is 5.82 Å². The van der Waals surface area contributed by atoms with E-state index in [0.29, 0.717) is 11.3 Å². The molecule has 1 aromatic rings. The van der Waals surface area contributed by atoms with Gasteiger partial charge in [0.2, 0.25) is 0 Å². The second-order valence-electron chi connectivity index (χ2n) is 3.33. The summed E-state index contributed by atoms with van der Waals surface area (Å²) in [6.07, 6.45) is 1.44. The minimum atomic E-state index is -0.686. The van der Waals surface area contributed by atoms with Crippen LogP contribution in [-0.2, 0) is 6.42 Å². The van der Waals surface area contributed by atoms with E-state index in [-0.39, 0.29) is 11.8 Å². The highest BCUT2D eigenvalue weighted by Gasteiger charge is 2.26. The van der Waals surface area contributed by atoms with E-state index in [1.165, 1.54) is 0 Å². The summed E-state index contributed by atoms with van der Waals surface area (Å²) in [5, 5.41) is 9.40. The number of hydrogen-bond donors (Lipinski definition) is 3. The Bertz CT molecular complexity index is 365. The highest BCUT2D eigenvalue weighted by molar-refractivity contribution is 5.59. The molecule has 70 valence electrons. The lowest BCUT2D eigenvalue weighted by Gasteiger charge is -2.09. The van der Waals surface area contributed by atoms with Crippen molar-refractivity contribution in [1.82, 2.24) is 0 Å². The zero-order valence-corrected chi connectivity index (χ0v) is 7.05. The van der Waals surface area contributed by atoms with Crippen molar-refractivity contribution in [2.45, 2.75) is 18.9 Å². The molecule has 0 spiro atoms. The summed E-state index contributed by atoms with van der Waals surface area (Å²) in [5.74, 6) is -1.03. The van der Waals surface area contributed by atoms with Crippen LogP contribution >= 0.6 is 0 Å². The van der Waals surface area contributed by atoms with Gasteiger partial charge in [0, 0.05) is 23.4 Å². The van der Waals surface area contributed by atoms with Crippen LogP contribution in [0.1, 0.15) is 23.6 Å². The molecule has 0 bridgehead atoms. The van der Waals surface area contributed by atoms with Gasteiger partial charge in [0.05, 0.1) is 0 Å². The van der Waals surface area contributed by atoms with Crippen LogP contribution in [0.3, 0.4) is 0 Å². The number of rotatable bonds is 0. The van der Waals surface area contributed by atoms with Crippen LogP contribution in [0.15, 0.2) is 6.07 Å². The normalized spacial score (nSPS) is 20.3. The van der Waals surface area contributed by atoms with Crippen molar-refractivity contribution in [3.8, 4) is 5.75 Å². The number of fused-ring (bicyclic) bond motifs is 1. The van der Waals surface area contributed by atoms with Crippen LogP contribution in [0.4, 0.5) is 10.1 Å². The fourth-order valence-corrected chi connectivity index (χ4v) is 1.84. The lowest BCUT2D eigenvalue weighted by atomic mass is 10.1. The molecule has 5 N–H and O–H groups in total. The van der Waals surface area contributed by atoms with Crippen LogP contribution in [0, 0.1) is 5.82 Å². The first kappa shape index (κ1) is 8.31. The van der Waals surface area contributed by atoms with Gasteiger partial charge >= 0.3 is 0 Å². The van der Waals surface area contributed by atoms with E-state index in [9.17, 15) is 9.50 Å². The number of phenols is 1. The van der Waals surface area contributed by atoms with Gasteiger partial charge in [-0.15, -0.1) is 0 Å². The highest BCUT2D eigenvalue weighted by atomic mass is 19.1. The number of aromatic hydroxyl groups is 1. The zero-order chi connectivity index (χ0) is 9.59. The number of anilines is 1. The van der Waals surface area contributed by atoms with Gasteiger partial charge in [-0.1, -0.05) is 0 Å². The van der Waals surface area contributed by atoms with Crippen molar-refractivity contribution in [2.75, 3.05) is 5.73 Å². The fraction of sp³-hybridized carbons (Fsp3) is 0.333. The SMILES string of the molecule is Nc1cc(F)c(O)c2c1CC[C@H]2N. The molecule has 1 aliphatic rings. The van der Waals surface area contributed by atoms with E-state index in [1.54, 1.807) is 0 Å². The smallest absolute Gasteiger partial charge is 0.167 e. The molecule has 0 aliphatic heterocycles. The Hall–Kier alpha value is -1.29. The number of nitrogen functional groups attached to an aromatic ring is 1. The van der Waals surface area contributed by atoms with Gasteiger partial charge in [0.25, 0.3) is 0 Å². The molecule has 0 unspecified atom stereocenters. The van der Waals surface area contributed by atoms with Crippen LogP contribution < -0.4 is 11.5 Å². The summed E-state index contributed by atoms with van der Waals surface area (Å²) >= 11 is 0. The van der Waals surface area contributed by atoms with Crippen molar-refractivity contribution in [3.63, 3.8) is 0 Å². The third-order valence-corrected chi connectivity index (χ3v) is 2.51. The first-order valence-corrected chi connectivity index (χ1v) is 4.16. The highest BCUT2D eigenvalue weighted by Crippen LogP contribution is 2.40. The van der Waals surface area contributed by atoms with Gasteiger partial charge in [-0.05, 0) is 18.4 Å². The summed E-state index contributed by atoms with van der Waals surface area (Å²) in [6, 6.07) is 0.861. The van der Waals surface area contributed by atoms with Gasteiger partial charge in [-0.25, -0.2) is 4.39 Å². The molecule has 0 radical (unpaired) electrons. The molecule has 1 aromatic carbocycles. The van der Waals surface area contributed by atoms with E-state index in [1.807, 2.05) is 0 Å². The van der Waals surface area contributed by atoms with Crippen LogP contribution in [0.5, 0.6) is 5.75 Å². The first-order valence-electron chi connectivity index (χ1n) is 4.16. The van der Waals surface area contributed by atoms with Crippen LogP contribution in [-0.4, -0.2) is 5.11 Å². The second kappa shape index (κ2) is 2.60. The molecule has 0 amide bonds. The molecule has 13 heavy (non-hydrogen) atoms. The Morgan fingerprint density at radius 3 is 2.92 bits per heavy atom. The standard InChI is InChI=1S/C9H11FN2O/c10-5-3-7(12)4-1-2-6(11)8(4)9(5)13/h3,6,13H,1-2,11-12H2/t6-/m1/s1. The molecule has 4 heteroatoms. The average molecular weight is 182 g/mol. The number of halogens is 1. The number of nitrogens with two attached hydrogens (primary N) is 2. The van der Waals surface area contributed by atoms with E-state index >= 15 is 0 Å². The van der Waals surface area contributed by atoms with Gasteiger partial charge in [-0.3, -0.25) is 0 Å². The molecule has 0 saturated heterocycles. The van der Waals surface area contributed by atoms with E-state index in [4.69, 9.17) is 11.5 Å². The maximum atomic E-state index is 13.0. The molecule has 1 atom stereocenters. The third kappa shape index (κ3) is 1.06. The quantitative estimate of drug-likeness (QED) is 0.415. The van der Waals surface area contributed by atoms with E-state index in [0.717, 1.165) is 24.5 Å². The van der Waals surface area contributed by atoms with Crippen molar-refractivity contribution < 1.29 is 9.50 Å². The third-order valence-electron chi connectivity index (χ3n) is 2.51. The van der Waals surface area contributed by atoms with Crippen molar-refractivity contribution in [2.24, 2.45) is 5.73 Å². The monoisotopic (exact) mass is 182 g/mol. The van der Waals surface area contributed by atoms with Gasteiger partial charge in [-0.2, -0.15) is 0 Å². The lowest BCUT2D eigenvalue weighted by molar-refractivity contribution is 0.423. The van der Waals surface area contributed by atoms with Crippen LogP contribution in [0.2, 0.25) is 0 Å². The second-order valence-corrected chi connectivity index (χ2v) is 3.33. The Kier molecular flexibility index (Phi) is 1.66. The maximum Gasteiger partial charge on any atom is 0.167 e. The van der Waals surface area contributed by atoms with Gasteiger partial charge in [0.15, 0.2) is 11.6 Å². The number of hydrogen-bond acceptors (Lipinski definition) is 3. The molecule has 0 fully saturated rings. The predicted octanol–water partition coefficient (Wildman–Crippen LogP) is 1.06. The summed E-state index contributed by atoms with van der Waals surface area (Å²) in [5.41, 5.74) is 13.0. The van der Waals surface area contributed by atoms with Crippen molar-refractivity contribution in [1.29, 1.82) is 0 Å². The first-order chi connectivity index (χ1) is 6.11. The summed E-state index contributed by atoms with van der Waals surface area (Å²) in [7, 11) is 0. The fourth-order valence-electron chi connectivity index (χ4n) is 1.84. The molecule has 2 rings (SSSR count).